The number of thiol groups is 1. The Morgan fingerprint density at radius 3 is 2.11 bits per heavy atom. The molecule has 3 N–H and O–H groups in total. The van der Waals surface area contributed by atoms with Gasteiger partial charge in [-0.2, -0.15) is 12.6 Å². The van der Waals surface area contributed by atoms with Gasteiger partial charge in [0.25, 0.3) is 0 Å². The molecule has 2 unspecified atom stereocenters. The Labute approximate surface area is 273 Å². The number of carbonyl (C=O) groups is 1. The molecule has 2 aromatic carbocycles. The Balaban J connectivity index is 0.000000360. The lowest BCUT2D eigenvalue weighted by atomic mass is 9.87. The van der Waals surface area contributed by atoms with Gasteiger partial charge in [-0.05, 0) is 81.2 Å². The Morgan fingerprint density at radius 2 is 1.64 bits per heavy atom. The number of ether oxygens (including phenoxy) is 1. The number of ketones is 1. The monoisotopic (exact) mass is 659 g/mol. The first-order valence-corrected chi connectivity index (χ1v) is 17.0. The molecule has 10 heteroatoms. The fourth-order valence-electron chi connectivity index (χ4n) is 4.47. The van der Waals surface area contributed by atoms with E-state index < -0.39 is 7.60 Å². The summed E-state index contributed by atoms with van der Waals surface area (Å²) in [4.78, 5) is 30.7. The molecule has 4 rings (SSSR count). The molecule has 0 saturated carbocycles. The Hall–Kier alpha value is -3.20. The normalized spacial score (nSPS) is 19.3. The molecule has 45 heavy (non-hydrogen) atoms. The van der Waals surface area contributed by atoms with E-state index >= 15 is 0 Å². The lowest BCUT2D eigenvalue weighted by molar-refractivity contribution is 0.102. The summed E-state index contributed by atoms with van der Waals surface area (Å²) in [7, 11) is -4.03. The second-order valence-corrected chi connectivity index (χ2v) is 12.1. The summed E-state index contributed by atoms with van der Waals surface area (Å²) >= 11 is 3.81. The molecule has 2 aliphatic rings. The molecule has 7 nitrogen and oxygen atoms in total. The minimum Gasteiger partial charge on any atom is -0.508 e. The molecule has 1 spiro atoms. The van der Waals surface area contributed by atoms with Crippen molar-refractivity contribution < 1.29 is 33.4 Å². The maximum atomic E-state index is 12.3. The maximum absolute atomic E-state index is 12.3. The van der Waals surface area contributed by atoms with Gasteiger partial charge in [0.05, 0.1) is 17.7 Å². The third kappa shape index (κ3) is 13.0. The molecule has 2 aliphatic heterocycles. The van der Waals surface area contributed by atoms with Gasteiger partial charge in [-0.1, -0.05) is 56.4 Å². The molecule has 2 aromatic rings. The third-order valence-electron chi connectivity index (χ3n) is 6.83. The first kappa shape index (κ1) is 39.8. The number of allylic oxidation sites excluding steroid dienone is 6. The van der Waals surface area contributed by atoms with E-state index in [0.717, 1.165) is 37.9 Å². The van der Waals surface area contributed by atoms with Crippen molar-refractivity contribution in [1.82, 2.24) is 0 Å². The van der Waals surface area contributed by atoms with Crippen molar-refractivity contribution >= 4 is 31.7 Å². The van der Waals surface area contributed by atoms with Crippen LogP contribution in [-0.4, -0.2) is 44.8 Å². The summed E-state index contributed by atoms with van der Waals surface area (Å²) in [6.45, 7) is 14.4. The Morgan fingerprint density at radius 1 is 1.09 bits per heavy atom. The van der Waals surface area contributed by atoms with Gasteiger partial charge in [-0.25, -0.2) is 4.39 Å². The van der Waals surface area contributed by atoms with E-state index in [9.17, 15) is 18.9 Å². The quantitative estimate of drug-likeness (QED) is 0.0383. The molecule has 0 aliphatic carbocycles. The van der Waals surface area contributed by atoms with Gasteiger partial charge < -0.3 is 24.5 Å². The number of hydrogen-bond acceptors (Lipinski definition) is 6. The van der Waals surface area contributed by atoms with Crippen LogP contribution in [0.4, 0.5) is 10.1 Å². The van der Waals surface area contributed by atoms with Crippen molar-refractivity contribution in [3.05, 3.63) is 126 Å². The van der Waals surface area contributed by atoms with Gasteiger partial charge >= 0.3 is 7.60 Å². The number of carbonyl (C=O) groups excluding carboxylic acids is 1. The zero-order valence-corrected chi connectivity index (χ0v) is 28.4. The highest BCUT2D eigenvalue weighted by atomic mass is 32.1. The molecule has 2 saturated heterocycles. The van der Waals surface area contributed by atoms with E-state index in [1.165, 1.54) is 42.1 Å². The highest BCUT2D eigenvalue weighted by molar-refractivity contribution is 7.81. The number of rotatable bonds is 10. The number of aliphatic hydroxyl groups is 1. The van der Waals surface area contributed by atoms with E-state index in [-0.39, 0.29) is 28.4 Å². The van der Waals surface area contributed by atoms with Gasteiger partial charge in [0.1, 0.15) is 11.6 Å². The summed E-state index contributed by atoms with van der Waals surface area (Å²) in [6, 6.07) is 16.2. The standard InChI is InChI=1S/C18H23NO2.C8H7FOS.C7H13O3P.C2H4/c1-3-4-10-17(20)14(2)11-16-12-18(13-21-18)19(16)15-8-6-5-7-9-15;9-7-3-1-6(2-4-7)8(10)5-11;1-3-5-6-7(4-2)11(8,9)10;1-2/h4-10,16,20H,3,11-13H2,1-2H3;1-4,11H,5H2;4-6H,3H2,1-2H3,(H2,8,9,10);1-2H2/b10-4-,17-14-;;6-5-,7-4+;. The van der Waals surface area contributed by atoms with Crippen molar-refractivity contribution in [3.8, 4) is 0 Å². The van der Waals surface area contributed by atoms with E-state index in [1.807, 2.05) is 32.1 Å². The summed E-state index contributed by atoms with van der Waals surface area (Å²) in [5.41, 5.74) is 2.70. The van der Waals surface area contributed by atoms with Crippen LogP contribution >= 0.6 is 20.2 Å². The number of hydrogen-bond donors (Lipinski definition) is 4. The zero-order chi connectivity index (χ0) is 34.0. The van der Waals surface area contributed by atoms with Crippen molar-refractivity contribution in [2.75, 3.05) is 17.3 Å². The number of nitrogens with zero attached hydrogens (tertiary/aromatic N) is 1. The van der Waals surface area contributed by atoms with E-state index in [4.69, 9.17) is 14.5 Å². The summed E-state index contributed by atoms with van der Waals surface area (Å²) in [5, 5.41) is 10.1. The predicted octanol–water partition coefficient (Wildman–Crippen LogP) is 8.95. The van der Waals surface area contributed by atoms with Crippen LogP contribution in [0.1, 0.15) is 63.7 Å². The number of benzene rings is 2. The molecule has 2 fully saturated rings. The number of anilines is 1. The summed E-state index contributed by atoms with van der Waals surface area (Å²) in [5.74, 6) is 0.141. The largest absolute Gasteiger partial charge is 0.508 e. The smallest absolute Gasteiger partial charge is 0.355 e. The van der Waals surface area contributed by atoms with Crippen LogP contribution in [-0.2, 0) is 9.30 Å². The lowest BCUT2D eigenvalue weighted by Gasteiger charge is -2.49. The number of Topliss-reactive ketones (excluding diaryl/α,β-unsaturated/α-hetero) is 1. The first-order valence-electron chi connectivity index (χ1n) is 14.7. The van der Waals surface area contributed by atoms with Crippen LogP contribution in [0.15, 0.2) is 115 Å². The maximum Gasteiger partial charge on any atom is 0.355 e. The highest BCUT2D eigenvalue weighted by Crippen LogP contribution is 2.51. The lowest BCUT2D eigenvalue weighted by Crippen LogP contribution is -2.59. The molecular formula is C35H47FNO6PS. The minimum absolute atomic E-state index is 0.0544. The van der Waals surface area contributed by atoms with Gasteiger partial charge in [-0.3, -0.25) is 9.36 Å². The average molecular weight is 660 g/mol. The van der Waals surface area contributed by atoms with Crippen molar-refractivity contribution in [2.24, 2.45) is 0 Å². The van der Waals surface area contributed by atoms with Crippen molar-refractivity contribution in [3.63, 3.8) is 0 Å². The van der Waals surface area contributed by atoms with Crippen LogP contribution in [0, 0.1) is 5.82 Å². The number of halogens is 1. The summed E-state index contributed by atoms with van der Waals surface area (Å²) in [6.07, 6.45) is 12.0. The number of epoxide rings is 1. The number of para-hydroxylation sites is 1. The molecule has 246 valence electrons. The Bertz CT molecular complexity index is 1360. The topological polar surface area (TPSA) is 111 Å². The molecular weight excluding hydrogens is 612 g/mol. The molecule has 0 aromatic heterocycles. The van der Waals surface area contributed by atoms with Gasteiger partial charge in [0, 0.05) is 23.7 Å². The molecule has 2 atom stereocenters. The van der Waals surface area contributed by atoms with Gasteiger partial charge in [0.15, 0.2) is 11.5 Å². The molecule has 0 radical (unpaired) electrons. The fourth-order valence-corrected chi connectivity index (χ4v) is 5.29. The second kappa shape index (κ2) is 20.0. The molecule has 2 heterocycles. The van der Waals surface area contributed by atoms with Gasteiger partial charge in [0.2, 0.25) is 0 Å². The highest BCUT2D eigenvalue weighted by Gasteiger charge is 2.62. The van der Waals surface area contributed by atoms with Crippen LogP contribution in [0.3, 0.4) is 0 Å². The van der Waals surface area contributed by atoms with Crippen LogP contribution in [0.2, 0.25) is 0 Å². The molecule has 0 amide bonds. The summed E-state index contributed by atoms with van der Waals surface area (Å²) < 4.78 is 28.6. The van der Waals surface area contributed by atoms with E-state index in [0.29, 0.717) is 17.4 Å². The minimum atomic E-state index is -4.03. The fraction of sp³-hybridized carbons (Fsp3) is 0.343. The van der Waals surface area contributed by atoms with Crippen molar-refractivity contribution in [1.29, 1.82) is 0 Å². The predicted molar refractivity (Wildman–Crippen MR) is 186 cm³/mol. The third-order valence-corrected chi connectivity index (χ3v) is 8.19. The van der Waals surface area contributed by atoms with E-state index in [1.54, 1.807) is 13.0 Å². The van der Waals surface area contributed by atoms with Crippen LogP contribution < -0.4 is 4.90 Å². The van der Waals surface area contributed by atoms with E-state index in [2.05, 4.69) is 61.9 Å². The van der Waals surface area contributed by atoms with Crippen LogP contribution in [0.5, 0.6) is 0 Å². The van der Waals surface area contributed by atoms with Crippen molar-refractivity contribution in [2.45, 2.75) is 65.1 Å². The SMILES string of the molecule is C/C=C(\C=C/CC)P(=O)(O)O.C=C.CC/C=C\C(O)=C(/C)CC1CC2(CO2)N1c1ccccc1.O=C(CS)c1ccc(F)cc1. The van der Waals surface area contributed by atoms with Gasteiger partial charge in [-0.15, -0.1) is 13.2 Å². The molecule has 0 bridgehead atoms. The zero-order valence-electron chi connectivity index (χ0n) is 26.6. The second-order valence-electron chi connectivity index (χ2n) is 10.1. The number of aliphatic hydroxyl groups excluding tert-OH is 1. The first-order chi connectivity index (χ1) is 21.4. The van der Waals surface area contributed by atoms with Crippen LogP contribution in [0.25, 0.3) is 0 Å². The Kier molecular flexibility index (Phi) is 17.7. The average Bonchev–Trinajstić information content (AvgIpc) is 3.83.